The molecule has 3 rings (SSSR count). The van der Waals surface area contributed by atoms with Crippen molar-refractivity contribution >= 4 is 6.03 Å². The second kappa shape index (κ2) is 7.61. The van der Waals surface area contributed by atoms with Gasteiger partial charge in [0.1, 0.15) is 6.10 Å². The maximum Gasteiger partial charge on any atom is 0.320 e. The molecular weight excluding hydrogens is 298 g/mol. The quantitative estimate of drug-likeness (QED) is 0.810. The molecule has 126 valence electrons. The molecule has 7 nitrogen and oxygen atoms in total. The summed E-state index contributed by atoms with van der Waals surface area (Å²) < 4.78 is 16.8. The highest BCUT2D eigenvalue weighted by Gasteiger charge is 2.28. The third kappa shape index (κ3) is 4.33. The van der Waals surface area contributed by atoms with Gasteiger partial charge in [0.15, 0.2) is 0 Å². The fourth-order valence-corrected chi connectivity index (χ4v) is 2.73. The summed E-state index contributed by atoms with van der Waals surface area (Å²) in [6, 6.07) is 5.69. The number of aryl methyl sites for hydroxylation is 1. The molecule has 0 saturated carbocycles. The predicted molar refractivity (Wildman–Crippen MR) is 83.6 cm³/mol. The fourth-order valence-electron chi connectivity index (χ4n) is 2.73. The number of urea groups is 1. The van der Waals surface area contributed by atoms with E-state index in [4.69, 9.17) is 14.2 Å². The molecule has 3 heterocycles. The number of ether oxygens (including phenoxy) is 3. The van der Waals surface area contributed by atoms with Gasteiger partial charge in [0.25, 0.3) is 0 Å². The minimum Gasteiger partial charge on any atom is -0.470 e. The lowest BCUT2D eigenvalue weighted by Crippen LogP contribution is -2.50. The lowest BCUT2D eigenvalue weighted by atomic mass is 10.3. The SMILES string of the molecule is Cc1cccc(O[C@H]2COCCN(C(=O)N3CCOCC3)C2)n1. The van der Waals surface area contributed by atoms with Gasteiger partial charge in [-0.25, -0.2) is 9.78 Å². The van der Waals surface area contributed by atoms with Gasteiger partial charge in [0.2, 0.25) is 5.88 Å². The average Bonchev–Trinajstić information content (AvgIpc) is 2.80. The monoisotopic (exact) mass is 321 g/mol. The molecule has 0 bridgehead atoms. The topological polar surface area (TPSA) is 64.1 Å². The molecule has 7 heteroatoms. The summed E-state index contributed by atoms with van der Waals surface area (Å²) in [7, 11) is 0. The zero-order valence-electron chi connectivity index (χ0n) is 13.4. The second-order valence-electron chi connectivity index (χ2n) is 5.76. The summed E-state index contributed by atoms with van der Waals surface area (Å²) in [6.07, 6.45) is -0.211. The number of hydrogen-bond donors (Lipinski definition) is 0. The van der Waals surface area contributed by atoms with Crippen LogP contribution < -0.4 is 4.74 Å². The first-order valence-electron chi connectivity index (χ1n) is 8.02. The largest absolute Gasteiger partial charge is 0.470 e. The standard InChI is InChI=1S/C16H23N3O4/c1-13-3-2-4-15(17-13)23-14-11-19(7-10-22-12-14)16(20)18-5-8-21-9-6-18/h2-4,14H,5-12H2,1H3/t14-/m1/s1. The van der Waals surface area contributed by atoms with Gasteiger partial charge in [-0.3, -0.25) is 0 Å². The van der Waals surface area contributed by atoms with Crippen molar-refractivity contribution in [1.29, 1.82) is 0 Å². The number of morpholine rings is 1. The van der Waals surface area contributed by atoms with Crippen molar-refractivity contribution < 1.29 is 19.0 Å². The van der Waals surface area contributed by atoms with Crippen molar-refractivity contribution in [3.63, 3.8) is 0 Å². The molecule has 2 aliphatic rings. The van der Waals surface area contributed by atoms with Crippen LogP contribution in [-0.2, 0) is 9.47 Å². The predicted octanol–water partition coefficient (Wildman–Crippen LogP) is 0.922. The molecule has 0 N–H and O–H groups in total. The van der Waals surface area contributed by atoms with Gasteiger partial charge >= 0.3 is 6.03 Å². The molecule has 1 aromatic heterocycles. The van der Waals surface area contributed by atoms with Gasteiger partial charge in [-0.15, -0.1) is 0 Å². The molecular formula is C16H23N3O4. The molecule has 23 heavy (non-hydrogen) atoms. The van der Waals surface area contributed by atoms with E-state index >= 15 is 0 Å². The number of pyridine rings is 1. The summed E-state index contributed by atoms with van der Waals surface area (Å²) in [4.78, 5) is 20.6. The number of aromatic nitrogens is 1. The third-order valence-corrected chi connectivity index (χ3v) is 3.94. The van der Waals surface area contributed by atoms with Gasteiger partial charge in [-0.1, -0.05) is 6.07 Å². The van der Waals surface area contributed by atoms with Crippen molar-refractivity contribution in [2.45, 2.75) is 13.0 Å². The van der Waals surface area contributed by atoms with E-state index in [0.29, 0.717) is 58.5 Å². The van der Waals surface area contributed by atoms with Crippen LogP contribution in [0.1, 0.15) is 5.69 Å². The van der Waals surface area contributed by atoms with Crippen LogP contribution in [0.25, 0.3) is 0 Å². The highest BCUT2D eigenvalue weighted by atomic mass is 16.5. The van der Waals surface area contributed by atoms with Gasteiger partial charge in [-0.2, -0.15) is 0 Å². The molecule has 2 amide bonds. The van der Waals surface area contributed by atoms with Crippen molar-refractivity contribution in [2.24, 2.45) is 0 Å². The molecule has 1 atom stereocenters. The van der Waals surface area contributed by atoms with Crippen LogP contribution in [-0.4, -0.2) is 79.5 Å². The van der Waals surface area contributed by atoms with Gasteiger partial charge in [0, 0.05) is 31.4 Å². The van der Waals surface area contributed by atoms with Crippen molar-refractivity contribution in [1.82, 2.24) is 14.8 Å². The third-order valence-electron chi connectivity index (χ3n) is 3.94. The fraction of sp³-hybridized carbons (Fsp3) is 0.625. The maximum absolute atomic E-state index is 12.6. The van der Waals surface area contributed by atoms with Gasteiger partial charge in [0.05, 0.1) is 33.0 Å². The van der Waals surface area contributed by atoms with E-state index in [1.165, 1.54) is 0 Å². The molecule has 0 radical (unpaired) electrons. The van der Waals surface area contributed by atoms with E-state index < -0.39 is 0 Å². The lowest BCUT2D eigenvalue weighted by Gasteiger charge is -2.33. The van der Waals surface area contributed by atoms with E-state index in [9.17, 15) is 4.79 Å². The Balaban J connectivity index is 1.62. The zero-order chi connectivity index (χ0) is 16.1. The van der Waals surface area contributed by atoms with Crippen LogP contribution in [0.15, 0.2) is 18.2 Å². The summed E-state index contributed by atoms with van der Waals surface area (Å²) in [5.74, 6) is 0.569. The maximum atomic E-state index is 12.6. The van der Waals surface area contributed by atoms with E-state index in [2.05, 4.69) is 4.98 Å². The van der Waals surface area contributed by atoms with E-state index in [1.807, 2.05) is 30.0 Å². The van der Waals surface area contributed by atoms with Crippen LogP contribution in [0.2, 0.25) is 0 Å². The number of rotatable bonds is 2. The summed E-state index contributed by atoms with van der Waals surface area (Å²) in [5, 5.41) is 0. The number of carbonyl (C=O) groups excluding carboxylic acids is 1. The van der Waals surface area contributed by atoms with Crippen molar-refractivity contribution in [3.05, 3.63) is 23.9 Å². The van der Waals surface area contributed by atoms with Crippen LogP contribution in [0.3, 0.4) is 0 Å². The highest BCUT2D eigenvalue weighted by molar-refractivity contribution is 5.74. The van der Waals surface area contributed by atoms with E-state index in [1.54, 1.807) is 4.90 Å². The number of hydrogen-bond acceptors (Lipinski definition) is 5. The molecule has 0 spiro atoms. The molecule has 2 aliphatic heterocycles. The second-order valence-corrected chi connectivity index (χ2v) is 5.76. The summed E-state index contributed by atoms with van der Waals surface area (Å²) in [5.41, 5.74) is 0.901. The molecule has 2 fully saturated rings. The van der Waals surface area contributed by atoms with E-state index in [0.717, 1.165) is 5.69 Å². The number of nitrogens with zero attached hydrogens (tertiary/aromatic N) is 3. The van der Waals surface area contributed by atoms with E-state index in [-0.39, 0.29) is 12.1 Å². The summed E-state index contributed by atoms with van der Waals surface area (Å²) >= 11 is 0. The Morgan fingerprint density at radius 1 is 1.17 bits per heavy atom. The first-order chi connectivity index (χ1) is 11.2. The molecule has 0 aromatic carbocycles. The van der Waals surface area contributed by atoms with Gasteiger partial charge < -0.3 is 24.0 Å². The molecule has 2 saturated heterocycles. The molecule has 0 aliphatic carbocycles. The Morgan fingerprint density at radius 3 is 2.70 bits per heavy atom. The Kier molecular flexibility index (Phi) is 5.30. The van der Waals surface area contributed by atoms with Crippen LogP contribution in [0.5, 0.6) is 5.88 Å². The molecule has 1 aromatic rings. The van der Waals surface area contributed by atoms with Crippen LogP contribution in [0, 0.1) is 6.92 Å². The van der Waals surface area contributed by atoms with Crippen molar-refractivity contribution in [3.8, 4) is 5.88 Å². The normalized spacial score (nSPS) is 22.6. The summed E-state index contributed by atoms with van der Waals surface area (Å²) in [6.45, 7) is 6.47. The smallest absolute Gasteiger partial charge is 0.320 e. The molecule has 0 unspecified atom stereocenters. The zero-order valence-corrected chi connectivity index (χ0v) is 13.4. The Labute approximate surface area is 136 Å². The first kappa shape index (κ1) is 16.0. The highest BCUT2D eigenvalue weighted by Crippen LogP contribution is 2.13. The Bertz CT molecular complexity index is 534. The van der Waals surface area contributed by atoms with Gasteiger partial charge in [-0.05, 0) is 13.0 Å². The minimum atomic E-state index is -0.211. The van der Waals surface area contributed by atoms with Crippen LogP contribution in [0.4, 0.5) is 4.79 Å². The van der Waals surface area contributed by atoms with Crippen LogP contribution >= 0.6 is 0 Å². The number of amides is 2. The Morgan fingerprint density at radius 2 is 1.91 bits per heavy atom. The number of carbonyl (C=O) groups is 1. The average molecular weight is 321 g/mol. The lowest BCUT2D eigenvalue weighted by molar-refractivity contribution is 0.0405. The first-order valence-corrected chi connectivity index (χ1v) is 8.02. The Hall–Kier alpha value is -1.86. The minimum absolute atomic E-state index is 0.0320. The van der Waals surface area contributed by atoms with Crippen molar-refractivity contribution in [2.75, 3.05) is 52.6 Å².